The Balaban J connectivity index is 1.61. The highest BCUT2D eigenvalue weighted by Crippen LogP contribution is 2.26. The Hall–Kier alpha value is -3.06. The van der Waals surface area contributed by atoms with Crippen LogP contribution in [0.3, 0.4) is 0 Å². The van der Waals surface area contributed by atoms with E-state index in [1.165, 1.54) is 18.3 Å². The van der Waals surface area contributed by atoms with E-state index in [1.807, 2.05) is 41.8 Å². The molecule has 0 saturated carbocycles. The van der Waals surface area contributed by atoms with Gasteiger partial charge in [-0.2, -0.15) is 0 Å². The van der Waals surface area contributed by atoms with E-state index in [0.29, 0.717) is 6.54 Å². The fourth-order valence-electron chi connectivity index (χ4n) is 2.38. The van der Waals surface area contributed by atoms with Crippen LogP contribution in [0.5, 0.6) is 0 Å². The second-order valence-corrected chi connectivity index (χ2v) is 6.57. The number of nitrogens with zero attached hydrogens (tertiary/aromatic N) is 2. The van der Waals surface area contributed by atoms with Gasteiger partial charge in [-0.3, -0.25) is 14.6 Å². The highest BCUT2D eigenvalue weighted by molar-refractivity contribution is 7.13. The lowest BCUT2D eigenvalue weighted by Gasteiger charge is -2.04. The van der Waals surface area contributed by atoms with E-state index in [4.69, 9.17) is 0 Å². The zero-order valence-corrected chi connectivity index (χ0v) is 15.0. The molecule has 0 aliphatic carbocycles. The first-order chi connectivity index (χ1) is 12.6. The minimum atomic E-state index is -0.118. The van der Waals surface area contributed by atoms with Gasteiger partial charge in [0, 0.05) is 42.5 Å². The van der Waals surface area contributed by atoms with E-state index >= 15 is 0 Å². The molecule has 0 aliphatic rings. The molecule has 0 aliphatic heterocycles. The smallest absolute Gasteiger partial charge is 0.226 e. The van der Waals surface area contributed by atoms with Crippen molar-refractivity contribution in [2.24, 2.45) is 0 Å². The summed E-state index contributed by atoms with van der Waals surface area (Å²) in [4.78, 5) is 31.8. The molecule has 2 heterocycles. The summed E-state index contributed by atoms with van der Waals surface area (Å²) in [6.45, 7) is 1.94. The summed E-state index contributed by atoms with van der Waals surface area (Å²) in [5.41, 5.74) is 3.36. The van der Waals surface area contributed by atoms with Crippen molar-refractivity contribution in [2.75, 3.05) is 5.32 Å². The minimum Gasteiger partial charge on any atom is -0.352 e. The topological polar surface area (TPSA) is 84.0 Å². The second kappa shape index (κ2) is 8.35. The van der Waals surface area contributed by atoms with Crippen molar-refractivity contribution in [2.45, 2.75) is 19.9 Å². The Labute approximate surface area is 155 Å². The van der Waals surface area contributed by atoms with Gasteiger partial charge in [-0.05, 0) is 29.8 Å². The molecule has 0 spiro atoms. The van der Waals surface area contributed by atoms with Crippen molar-refractivity contribution < 1.29 is 9.59 Å². The van der Waals surface area contributed by atoms with Crippen LogP contribution in [0.25, 0.3) is 10.6 Å². The molecule has 7 heteroatoms. The number of thiazole rings is 1. The Morgan fingerprint density at radius 3 is 2.73 bits per heavy atom. The monoisotopic (exact) mass is 366 g/mol. The number of nitrogens with one attached hydrogen (secondary N) is 2. The molecule has 3 rings (SSSR count). The molecule has 0 unspecified atom stereocenters. The average molecular weight is 366 g/mol. The van der Waals surface area contributed by atoms with Crippen molar-refractivity contribution in [1.82, 2.24) is 15.3 Å². The van der Waals surface area contributed by atoms with Gasteiger partial charge in [-0.1, -0.05) is 12.1 Å². The fourth-order valence-corrected chi connectivity index (χ4v) is 3.20. The maximum absolute atomic E-state index is 12.1. The molecule has 132 valence electrons. The summed E-state index contributed by atoms with van der Waals surface area (Å²) in [5, 5.41) is 8.33. The van der Waals surface area contributed by atoms with Crippen molar-refractivity contribution in [1.29, 1.82) is 0 Å². The number of anilines is 1. The molecule has 0 radical (unpaired) electrons. The number of carbonyl (C=O) groups excluding carboxylic acids is 2. The molecule has 26 heavy (non-hydrogen) atoms. The minimum absolute atomic E-state index is 0.0781. The van der Waals surface area contributed by atoms with Crippen molar-refractivity contribution in [3.8, 4) is 10.6 Å². The summed E-state index contributed by atoms with van der Waals surface area (Å²) in [6.07, 6.45) is 3.62. The molecule has 1 aromatic carbocycles. The molecule has 3 aromatic rings. The number of hydrogen-bond donors (Lipinski definition) is 2. The van der Waals surface area contributed by atoms with Crippen LogP contribution >= 0.6 is 11.3 Å². The van der Waals surface area contributed by atoms with Gasteiger partial charge < -0.3 is 10.6 Å². The molecule has 0 atom stereocenters. The molecular weight excluding hydrogens is 348 g/mol. The molecule has 2 N–H and O–H groups in total. The van der Waals surface area contributed by atoms with E-state index in [9.17, 15) is 9.59 Å². The first-order valence-electron chi connectivity index (χ1n) is 8.08. The standard InChI is InChI=1S/C19H18N4O2S/c1-13(24)22-16-4-2-3-15(9-16)19-23-17(12-26-19)10-18(25)21-11-14-5-7-20-8-6-14/h2-9,12H,10-11H2,1H3,(H,21,25)(H,22,24). The van der Waals surface area contributed by atoms with Gasteiger partial charge in [0.1, 0.15) is 5.01 Å². The van der Waals surface area contributed by atoms with Crippen LogP contribution < -0.4 is 10.6 Å². The number of hydrogen-bond acceptors (Lipinski definition) is 5. The second-order valence-electron chi connectivity index (χ2n) is 5.71. The van der Waals surface area contributed by atoms with Crippen LogP contribution in [0.2, 0.25) is 0 Å². The number of carbonyl (C=O) groups is 2. The van der Waals surface area contributed by atoms with Crippen LogP contribution in [0.15, 0.2) is 54.2 Å². The average Bonchev–Trinajstić information content (AvgIpc) is 3.09. The summed E-state index contributed by atoms with van der Waals surface area (Å²) >= 11 is 1.47. The first-order valence-corrected chi connectivity index (χ1v) is 8.96. The van der Waals surface area contributed by atoms with Crippen LogP contribution in [0, 0.1) is 0 Å². The van der Waals surface area contributed by atoms with Crippen molar-refractivity contribution in [3.05, 3.63) is 65.4 Å². The lowest BCUT2D eigenvalue weighted by Crippen LogP contribution is -2.24. The Bertz CT molecular complexity index is 909. The first kappa shape index (κ1) is 17.8. The Morgan fingerprint density at radius 2 is 1.96 bits per heavy atom. The van der Waals surface area contributed by atoms with Crippen LogP contribution in [-0.2, 0) is 22.6 Å². The van der Waals surface area contributed by atoms with Gasteiger partial charge in [0.2, 0.25) is 11.8 Å². The largest absolute Gasteiger partial charge is 0.352 e. The van der Waals surface area contributed by atoms with Crippen LogP contribution in [0.4, 0.5) is 5.69 Å². The van der Waals surface area contributed by atoms with Gasteiger partial charge in [-0.25, -0.2) is 4.98 Å². The Kier molecular flexibility index (Phi) is 5.70. The third kappa shape index (κ3) is 4.97. The van der Waals surface area contributed by atoms with Gasteiger partial charge in [0.05, 0.1) is 12.1 Å². The maximum Gasteiger partial charge on any atom is 0.226 e. The number of aromatic nitrogens is 2. The molecule has 6 nitrogen and oxygen atoms in total. The molecule has 0 fully saturated rings. The zero-order valence-electron chi connectivity index (χ0n) is 14.2. The normalized spacial score (nSPS) is 10.3. The van der Waals surface area contributed by atoms with E-state index < -0.39 is 0 Å². The summed E-state index contributed by atoms with van der Waals surface area (Å²) in [5.74, 6) is -0.196. The molecule has 0 saturated heterocycles. The number of rotatable bonds is 6. The van der Waals surface area contributed by atoms with E-state index in [2.05, 4.69) is 20.6 Å². The molecule has 0 bridgehead atoms. The predicted octanol–water partition coefficient (Wildman–Crippen LogP) is 3.02. The number of benzene rings is 1. The van der Waals surface area contributed by atoms with E-state index in [0.717, 1.165) is 27.5 Å². The third-order valence-electron chi connectivity index (χ3n) is 3.56. The fraction of sp³-hybridized carbons (Fsp3) is 0.158. The Morgan fingerprint density at radius 1 is 1.15 bits per heavy atom. The summed E-state index contributed by atoms with van der Waals surface area (Å²) in [6, 6.07) is 11.2. The molecule has 2 aromatic heterocycles. The van der Waals surface area contributed by atoms with Crippen LogP contribution in [0.1, 0.15) is 18.2 Å². The SMILES string of the molecule is CC(=O)Nc1cccc(-c2nc(CC(=O)NCc3ccncc3)cs2)c1. The maximum atomic E-state index is 12.1. The molecular formula is C19H18N4O2S. The summed E-state index contributed by atoms with van der Waals surface area (Å²) in [7, 11) is 0. The van der Waals surface area contributed by atoms with Crippen LogP contribution in [-0.4, -0.2) is 21.8 Å². The predicted molar refractivity (Wildman–Crippen MR) is 102 cm³/mol. The zero-order chi connectivity index (χ0) is 18.4. The lowest BCUT2D eigenvalue weighted by molar-refractivity contribution is -0.120. The highest BCUT2D eigenvalue weighted by Gasteiger charge is 2.10. The van der Waals surface area contributed by atoms with Gasteiger partial charge in [0.15, 0.2) is 0 Å². The molecule has 2 amide bonds. The van der Waals surface area contributed by atoms with Gasteiger partial charge in [0.25, 0.3) is 0 Å². The summed E-state index contributed by atoms with van der Waals surface area (Å²) < 4.78 is 0. The van der Waals surface area contributed by atoms with E-state index in [-0.39, 0.29) is 18.2 Å². The number of pyridine rings is 1. The highest BCUT2D eigenvalue weighted by atomic mass is 32.1. The van der Waals surface area contributed by atoms with Crippen molar-refractivity contribution in [3.63, 3.8) is 0 Å². The number of amides is 2. The van der Waals surface area contributed by atoms with Crippen molar-refractivity contribution >= 4 is 28.8 Å². The quantitative estimate of drug-likeness (QED) is 0.702. The lowest BCUT2D eigenvalue weighted by atomic mass is 10.2. The van der Waals surface area contributed by atoms with E-state index in [1.54, 1.807) is 12.4 Å². The van der Waals surface area contributed by atoms with Gasteiger partial charge in [-0.15, -0.1) is 11.3 Å². The third-order valence-corrected chi connectivity index (χ3v) is 4.50. The van der Waals surface area contributed by atoms with Gasteiger partial charge >= 0.3 is 0 Å².